The molecule has 2 aliphatic rings. The molecule has 2 fully saturated rings. The number of nitrogens with zero attached hydrogens (tertiary/aromatic N) is 2. The van der Waals surface area contributed by atoms with Gasteiger partial charge in [-0.1, -0.05) is 42.5 Å². The highest BCUT2D eigenvalue weighted by atomic mass is 32.1. The molecule has 84 valence electrons. The van der Waals surface area contributed by atoms with E-state index in [4.69, 9.17) is 12.2 Å². The lowest BCUT2D eigenvalue weighted by molar-refractivity contribution is 0.00675. The second-order valence-electron chi connectivity index (χ2n) is 4.52. The fourth-order valence-electron chi connectivity index (χ4n) is 2.72. The molecule has 0 amide bonds. The van der Waals surface area contributed by atoms with Gasteiger partial charge in [-0.15, -0.1) is 0 Å². The minimum Gasteiger partial charge on any atom is -0.299 e. The number of rotatable bonds is 1. The van der Waals surface area contributed by atoms with Gasteiger partial charge in [0.2, 0.25) is 0 Å². The lowest BCUT2D eigenvalue weighted by Crippen LogP contribution is -2.44. The zero-order valence-corrected chi connectivity index (χ0v) is 10.1. The zero-order chi connectivity index (χ0) is 11.0. The molecule has 0 radical (unpaired) electrons. The summed E-state index contributed by atoms with van der Waals surface area (Å²) in [6.07, 6.45) is 3.58. The van der Waals surface area contributed by atoms with E-state index in [0.717, 1.165) is 24.5 Å². The van der Waals surface area contributed by atoms with Crippen LogP contribution >= 0.6 is 12.2 Å². The van der Waals surface area contributed by atoms with E-state index in [1.54, 1.807) is 0 Å². The molecule has 1 aromatic rings. The molecule has 2 nitrogen and oxygen atoms in total. The molecule has 16 heavy (non-hydrogen) atoms. The average Bonchev–Trinajstić information content (AvgIpc) is 2.69. The van der Waals surface area contributed by atoms with Crippen molar-refractivity contribution >= 4 is 17.2 Å². The summed E-state index contributed by atoms with van der Waals surface area (Å²) < 4.78 is 0. The quantitative estimate of drug-likeness (QED) is 0.687. The molecule has 3 rings (SSSR count). The molecule has 0 N–H and O–H groups in total. The minimum absolute atomic E-state index is 0.481. The van der Waals surface area contributed by atoms with Crippen molar-refractivity contribution in [1.29, 1.82) is 0 Å². The SMILES string of the molecule is S=C1C[C@@H](c2ccccc2)N2CCCCN12. The number of hydrazine groups is 1. The standard InChI is InChI=1S/C13H16N2S/c16-13-10-12(11-6-2-1-3-7-11)14-8-4-5-9-15(13)14/h1-3,6-7,12H,4-5,8-10H2/t12-/m0/s1. The van der Waals surface area contributed by atoms with E-state index in [1.807, 2.05) is 0 Å². The summed E-state index contributed by atoms with van der Waals surface area (Å²) in [6.45, 7) is 2.27. The van der Waals surface area contributed by atoms with Gasteiger partial charge in [0.05, 0.1) is 11.0 Å². The Labute approximate surface area is 102 Å². The van der Waals surface area contributed by atoms with Gasteiger partial charge >= 0.3 is 0 Å². The Morgan fingerprint density at radius 1 is 1.06 bits per heavy atom. The van der Waals surface area contributed by atoms with Crippen LogP contribution in [-0.4, -0.2) is 28.1 Å². The Kier molecular flexibility index (Phi) is 2.65. The molecule has 2 aliphatic heterocycles. The van der Waals surface area contributed by atoms with Crippen LogP contribution in [0.2, 0.25) is 0 Å². The number of benzene rings is 1. The summed E-state index contributed by atoms with van der Waals surface area (Å²) in [5.74, 6) is 0. The van der Waals surface area contributed by atoms with Gasteiger partial charge in [0, 0.05) is 19.5 Å². The summed E-state index contributed by atoms with van der Waals surface area (Å²) in [5, 5.41) is 4.78. The summed E-state index contributed by atoms with van der Waals surface area (Å²) in [4.78, 5) is 1.12. The van der Waals surface area contributed by atoms with E-state index >= 15 is 0 Å². The molecule has 0 aromatic heterocycles. The van der Waals surface area contributed by atoms with Crippen molar-refractivity contribution in [2.45, 2.75) is 25.3 Å². The highest BCUT2D eigenvalue weighted by Crippen LogP contribution is 2.35. The molecule has 2 heterocycles. The Morgan fingerprint density at radius 3 is 2.62 bits per heavy atom. The minimum atomic E-state index is 0.481. The maximum absolute atomic E-state index is 5.48. The lowest BCUT2D eigenvalue weighted by Gasteiger charge is -2.37. The molecule has 3 heteroatoms. The van der Waals surface area contributed by atoms with Crippen LogP contribution in [0.15, 0.2) is 30.3 Å². The lowest BCUT2D eigenvalue weighted by atomic mass is 10.0. The monoisotopic (exact) mass is 232 g/mol. The third-order valence-corrected chi connectivity index (χ3v) is 3.89. The molecule has 0 saturated carbocycles. The first-order valence-electron chi connectivity index (χ1n) is 5.98. The topological polar surface area (TPSA) is 6.48 Å². The van der Waals surface area contributed by atoms with Gasteiger partial charge in [0.1, 0.15) is 0 Å². The zero-order valence-electron chi connectivity index (χ0n) is 9.30. The van der Waals surface area contributed by atoms with Crippen LogP contribution in [0.5, 0.6) is 0 Å². The summed E-state index contributed by atoms with van der Waals surface area (Å²) >= 11 is 5.48. The maximum Gasteiger partial charge on any atom is 0.0943 e. The van der Waals surface area contributed by atoms with Crippen molar-refractivity contribution in [1.82, 2.24) is 10.0 Å². The van der Waals surface area contributed by atoms with Crippen LogP contribution in [0.4, 0.5) is 0 Å². The fourth-order valence-corrected chi connectivity index (χ4v) is 3.07. The molecule has 0 aliphatic carbocycles. The van der Waals surface area contributed by atoms with Gasteiger partial charge < -0.3 is 0 Å². The van der Waals surface area contributed by atoms with Crippen LogP contribution in [0.3, 0.4) is 0 Å². The van der Waals surface area contributed by atoms with Gasteiger partial charge in [-0.25, -0.2) is 5.01 Å². The normalized spacial score (nSPS) is 25.9. The average molecular weight is 232 g/mol. The maximum atomic E-state index is 5.48. The Morgan fingerprint density at radius 2 is 1.81 bits per heavy atom. The smallest absolute Gasteiger partial charge is 0.0943 e. The molecule has 0 bridgehead atoms. The molecule has 0 unspecified atom stereocenters. The predicted octanol–water partition coefficient (Wildman–Crippen LogP) is 2.77. The van der Waals surface area contributed by atoms with E-state index in [9.17, 15) is 0 Å². The van der Waals surface area contributed by atoms with Crippen molar-refractivity contribution in [3.8, 4) is 0 Å². The summed E-state index contributed by atoms with van der Waals surface area (Å²) in [5.41, 5.74) is 1.40. The molecule has 2 saturated heterocycles. The highest BCUT2D eigenvalue weighted by Gasteiger charge is 2.36. The Balaban J connectivity index is 1.89. The van der Waals surface area contributed by atoms with Crippen LogP contribution in [-0.2, 0) is 0 Å². The summed E-state index contributed by atoms with van der Waals surface area (Å²) in [6, 6.07) is 11.2. The van der Waals surface area contributed by atoms with Crippen molar-refractivity contribution in [3.63, 3.8) is 0 Å². The molecule has 1 atom stereocenters. The first-order chi connectivity index (χ1) is 7.86. The van der Waals surface area contributed by atoms with Crippen molar-refractivity contribution in [2.24, 2.45) is 0 Å². The van der Waals surface area contributed by atoms with E-state index in [0.29, 0.717) is 6.04 Å². The third-order valence-electron chi connectivity index (χ3n) is 3.52. The first kappa shape index (κ1) is 10.2. The van der Waals surface area contributed by atoms with Crippen molar-refractivity contribution in [3.05, 3.63) is 35.9 Å². The van der Waals surface area contributed by atoms with Gasteiger partial charge in [0.15, 0.2) is 0 Å². The van der Waals surface area contributed by atoms with E-state index in [1.165, 1.54) is 18.4 Å². The summed E-state index contributed by atoms with van der Waals surface area (Å²) in [7, 11) is 0. The Bertz CT molecular complexity index is 390. The van der Waals surface area contributed by atoms with Crippen molar-refractivity contribution in [2.75, 3.05) is 13.1 Å². The second kappa shape index (κ2) is 4.15. The largest absolute Gasteiger partial charge is 0.299 e. The van der Waals surface area contributed by atoms with Gasteiger partial charge in [-0.3, -0.25) is 5.01 Å². The number of hydrogen-bond acceptors (Lipinski definition) is 2. The Hall–Kier alpha value is -0.930. The van der Waals surface area contributed by atoms with E-state index < -0.39 is 0 Å². The van der Waals surface area contributed by atoms with Crippen LogP contribution in [0.1, 0.15) is 30.9 Å². The number of fused-ring (bicyclic) bond motifs is 1. The fraction of sp³-hybridized carbons (Fsp3) is 0.462. The third kappa shape index (κ3) is 1.64. The van der Waals surface area contributed by atoms with Crippen LogP contribution in [0.25, 0.3) is 0 Å². The van der Waals surface area contributed by atoms with Gasteiger partial charge in [0.25, 0.3) is 0 Å². The molecule has 1 aromatic carbocycles. The molecule has 0 spiro atoms. The van der Waals surface area contributed by atoms with Crippen LogP contribution in [0, 0.1) is 0 Å². The van der Waals surface area contributed by atoms with Gasteiger partial charge in [-0.2, -0.15) is 0 Å². The first-order valence-corrected chi connectivity index (χ1v) is 6.39. The van der Waals surface area contributed by atoms with E-state index in [2.05, 4.69) is 40.3 Å². The van der Waals surface area contributed by atoms with E-state index in [-0.39, 0.29) is 0 Å². The predicted molar refractivity (Wildman–Crippen MR) is 69.0 cm³/mol. The van der Waals surface area contributed by atoms with Gasteiger partial charge in [-0.05, 0) is 18.4 Å². The molecular formula is C13H16N2S. The second-order valence-corrected chi connectivity index (χ2v) is 4.99. The molecular weight excluding hydrogens is 216 g/mol. The highest BCUT2D eigenvalue weighted by molar-refractivity contribution is 7.80. The number of thiocarbonyl (C=S) groups is 1. The van der Waals surface area contributed by atoms with Crippen LogP contribution < -0.4 is 0 Å². The van der Waals surface area contributed by atoms with Crippen molar-refractivity contribution < 1.29 is 0 Å². The number of hydrogen-bond donors (Lipinski definition) is 0.